The molecule has 3 nitrogen and oxygen atoms in total. The summed E-state index contributed by atoms with van der Waals surface area (Å²) in [5.74, 6) is 0.221. The van der Waals surface area contributed by atoms with Crippen molar-refractivity contribution in [2.75, 3.05) is 26.3 Å². The van der Waals surface area contributed by atoms with Crippen LogP contribution in [0.5, 0.6) is 0 Å². The number of amides is 1. The molecule has 0 radical (unpaired) electrons. The summed E-state index contributed by atoms with van der Waals surface area (Å²) in [6, 6.07) is 0. The zero-order valence-corrected chi connectivity index (χ0v) is 7.29. The fraction of sp³-hybridized carbons (Fsp3) is 0.667. The van der Waals surface area contributed by atoms with Crippen molar-refractivity contribution in [2.24, 2.45) is 0 Å². The fourth-order valence-electron chi connectivity index (χ4n) is 1.20. The Labute approximate surface area is 73.0 Å². The van der Waals surface area contributed by atoms with Crippen molar-refractivity contribution in [3.63, 3.8) is 0 Å². The summed E-state index contributed by atoms with van der Waals surface area (Å²) in [6.45, 7) is 6.44. The van der Waals surface area contributed by atoms with Crippen LogP contribution in [0.15, 0.2) is 12.7 Å². The number of nitrogens with zero attached hydrogens (tertiary/aromatic N) is 1. The Morgan fingerprint density at radius 1 is 1.50 bits per heavy atom. The number of morpholine rings is 1. The number of carbonyl (C=O) groups excluding carboxylic acids is 1. The zero-order chi connectivity index (χ0) is 8.81. The van der Waals surface area contributed by atoms with Gasteiger partial charge in [-0.3, -0.25) is 4.79 Å². The van der Waals surface area contributed by atoms with E-state index in [-0.39, 0.29) is 5.91 Å². The Bertz CT molecular complexity index is 162. The smallest absolute Gasteiger partial charge is 0.223 e. The highest BCUT2D eigenvalue weighted by molar-refractivity contribution is 5.76. The Hall–Kier alpha value is -0.830. The van der Waals surface area contributed by atoms with Crippen LogP contribution in [-0.2, 0) is 9.53 Å². The molecule has 0 aromatic rings. The van der Waals surface area contributed by atoms with Gasteiger partial charge in [0.2, 0.25) is 5.91 Å². The van der Waals surface area contributed by atoms with Crippen LogP contribution in [0.1, 0.15) is 12.8 Å². The third-order valence-corrected chi connectivity index (χ3v) is 1.93. The molecule has 0 aromatic carbocycles. The maximum atomic E-state index is 11.4. The van der Waals surface area contributed by atoms with E-state index in [2.05, 4.69) is 6.58 Å². The van der Waals surface area contributed by atoms with E-state index >= 15 is 0 Å². The summed E-state index contributed by atoms with van der Waals surface area (Å²) in [7, 11) is 0. The van der Waals surface area contributed by atoms with Crippen molar-refractivity contribution >= 4 is 5.91 Å². The van der Waals surface area contributed by atoms with E-state index in [1.807, 2.05) is 4.90 Å². The number of hydrogen-bond donors (Lipinski definition) is 0. The Morgan fingerprint density at radius 3 is 2.75 bits per heavy atom. The SMILES string of the molecule is C=CCCC(=O)N1CCOCC1. The van der Waals surface area contributed by atoms with Gasteiger partial charge in [0.15, 0.2) is 0 Å². The second-order valence-electron chi connectivity index (χ2n) is 2.82. The third-order valence-electron chi connectivity index (χ3n) is 1.93. The molecular formula is C9H15NO2. The molecule has 1 rings (SSSR count). The number of ether oxygens (including phenoxy) is 1. The quantitative estimate of drug-likeness (QED) is 0.585. The van der Waals surface area contributed by atoms with Crippen LogP contribution in [0.25, 0.3) is 0 Å². The van der Waals surface area contributed by atoms with Crippen molar-refractivity contribution in [1.29, 1.82) is 0 Å². The van der Waals surface area contributed by atoms with Crippen molar-refractivity contribution in [2.45, 2.75) is 12.8 Å². The van der Waals surface area contributed by atoms with E-state index in [9.17, 15) is 4.79 Å². The summed E-state index contributed by atoms with van der Waals surface area (Å²) < 4.78 is 5.14. The highest BCUT2D eigenvalue weighted by Crippen LogP contribution is 2.01. The van der Waals surface area contributed by atoms with Crippen LogP contribution in [-0.4, -0.2) is 37.1 Å². The summed E-state index contributed by atoms with van der Waals surface area (Å²) in [6.07, 6.45) is 3.14. The lowest BCUT2D eigenvalue weighted by Gasteiger charge is -2.26. The molecule has 3 heteroatoms. The van der Waals surface area contributed by atoms with Gasteiger partial charge in [0.05, 0.1) is 13.2 Å². The minimum absolute atomic E-state index is 0.221. The first-order chi connectivity index (χ1) is 5.84. The van der Waals surface area contributed by atoms with Crippen molar-refractivity contribution < 1.29 is 9.53 Å². The number of hydrogen-bond acceptors (Lipinski definition) is 2. The molecule has 12 heavy (non-hydrogen) atoms. The third kappa shape index (κ3) is 2.66. The molecule has 1 fully saturated rings. The maximum Gasteiger partial charge on any atom is 0.223 e. The van der Waals surface area contributed by atoms with Gasteiger partial charge in [0.1, 0.15) is 0 Å². The van der Waals surface area contributed by atoms with Gasteiger partial charge in [-0.15, -0.1) is 6.58 Å². The van der Waals surface area contributed by atoms with Crippen LogP contribution in [0.3, 0.4) is 0 Å². The lowest BCUT2D eigenvalue weighted by atomic mass is 10.2. The normalized spacial score (nSPS) is 17.5. The molecule has 0 saturated carbocycles. The van der Waals surface area contributed by atoms with Crippen LogP contribution >= 0.6 is 0 Å². The van der Waals surface area contributed by atoms with E-state index in [4.69, 9.17) is 4.74 Å². The first-order valence-electron chi connectivity index (χ1n) is 4.31. The summed E-state index contributed by atoms with van der Waals surface area (Å²) in [5, 5.41) is 0. The molecule has 0 atom stereocenters. The molecule has 1 saturated heterocycles. The lowest BCUT2D eigenvalue weighted by molar-refractivity contribution is -0.135. The molecule has 1 aliphatic rings. The highest BCUT2D eigenvalue weighted by Gasteiger charge is 2.15. The van der Waals surface area contributed by atoms with E-state index in [1.54, 1.807) is 6.08 Å². The molecule has 0 bridgehead atoms. The first kappa shape index (κ1) is 9.26. The molecular weight excluding hydrogens is 154 g/mol. The monoisotopic (exact) mass is 169 g/mol. The van der Waals surface area contributed by atoms with Gasteiger partial charge >= 0.3 is 0 Å². The van der Waals surface area contributed by atoms with Crippen molar-refractivity contribution in [3.8, 4) is 0 Å². The van der Waals surface area contributed by atoms with Gasteiger partial charge in [0, 0.05) is 19.5 Å². The second-order valence-corrected chi connectivity index (χ2v) is 2.82. The van der Waals surface area contributed by atoms with Gasteiger partial charge in [0.25, 0.3) is 0 Å². The van der Waals surface area contributed by atoms with Crippen LogP contribution in [0, 0.1) is 0 Å². The Balaban J connectivity index is 2.24. The minimum atomic E-state index is 0.221. The first-order valence-corrected chi connectivity index (χ1v) is 4.31. The van der Waals surface area contributed by atoms with E-state index in [0.29, 0.717) is 19.6 Å². The molecule has 0 unspecified atom stereocenters. The van der Waals surface area contributed by atoms with Crippen LogP contribution in [0.4, 0.5) is 0 Å². The molecule has 0 aliphatic carbocycles. The topological polar surface area (TPSA) is 29.5 Å². The lowest BCUT2D eigenvalue weighted by Crippen LogP contribution is -2.40. The molecule has 68 valence electrons. The highest BCUT2D eigenvalue weighted by atomic mass is 16.5. The molecule has 1 heterocycles. The van der Waals surface area contributed by atoms with E-state index in [1.165, 1.54) is 0 Å². The van der Waals surface area contributed by atoms with Gasteiger partial charge in [-0.2, -0.15) is 0 Å². The summed E-state index contributed by atoms with van der Waals surface area (Å²) in [5.41, 5.74) is 0. The van der Waals surface area contributed by atoms with Crippen molar-refractivity contribution in [3.05, 3.63) is 12.7 Å². The predicted molar refractivity (Wildman–Crippen MR) is 46.8 cm³/mol. The summed E-state index contributed by atoms with van der Waals surface area (Å²) >= 11 is 0. The standard InChI is InChI=1S/C9H15NO2/c1-2-3-4-9(11)10-5-7-12-8-6-10/h2H,1,3-8H2. The Kier molecular flexibility index (Phi) is 3.80. The largest absolute Gasteiger partial charge is 0.378 e. The Morgan fingerprint density at radius 2 is 2.17 bits per heavy atom. The average molecular weight is 169 g/mol. The number of rotatable bonds is 3. The van der Waals surface area contributed by atoms with Gasteiger partial charge < -0.3 is 9.64 Å². The molecule has 0 N–H and O–H groups in total. The van der Waals surface area contributed by atoms with Crippen LogP contribution in [0.2, 0.25) is 0 Å². The van der Waals surface area contributed by atoms with Gasteiger partial charge in [-0.25, -0.2) is 0 Å². The summed E-state index contributed by atoms with van der Waals surface area (Å²) in [4.78, 5) is 13.2. The number of allylic oxidation sites excluding steroid dienone is 1. The maximum absolute atomic E-state index is 11.4. The fourth-order valence-corrected chi connectivity index (χ4v) is 1.20. The number of carbonyl (C=O) groups is 1. The predicted octanol–water partition coefficient (Wildman–Crippen LogP) is 0.811. The molecule has 1 aliphatic heterocycles. The minimum Gasteiger partial charge on any atom is -0.378 e. The van der Waals surface area contributed by atoms with E-state index in [0.717, 1.165) is 19.5 Å². The van der Waals surface area contributed by atoms with E-state index < -0.39 is 0 Å². The molecule has 0 spiro atoms. The zero-order valence-electron chi connectivity index (χ0n) is 7.29. The van der Waals surface area contributed by atoms with Gasteiger partial charge in [-0.1, -0.05) is 6.08 Å². The molecule has 0 aromatic heterocycles. The van der Waals surface area contributed by atoms with Crippen molar-refractivity contribution in [1.82, 2.24) is 4.90 Å². The van der Waals surface area contributed by atoms with Crippen LogP contribution < -0.4 is 0 Å². The van der Waals surface area contributed by atoms with Gasteiger partial charge in [-0.05, 0) is 6.42 Å². The average Bonchev–Trinajstić information content (AvgIpc) is 2.15. The second kappa shape index (κ2) is 4.93. The molecule has 1 amide bonds.